The standard InChI is InChI=1S/C16H16F6N2O/c17-15(18,19)10-5-9(6-11(7-10)16(20,21)22)14(25)24-4-3-12-1-2-13(8-24)23-12/h5-7,12-13,23H,1-4,8H2. The number of hydrogen-bond acceptors (Lipinski definition) is 2. The van der Waals surface area contributed by atoms with E-state index in [-0.39, 0.29) is 24.7 Å². The third-order valence-corrected chi connectivity index (χ3v) is 4.65. The van der Waals surface area contributed by atoms with Gasteiger partial charge >= 0.3 is 12.4 Å². The Morgan fingerprint density at radius 3 is 2.04 bits per heavy atom. The summed E-state index contributed by atoms with van der Waals surface area (Å²) >= 11 is 0. The molecule has 2 saturated heterocycles. The summed E-state index contributed by atoms with van der Waals surface area (Å²) in [6.07, 6.45) is -7.49. The van der Waals surface area contributed by atoms with Crippen LogP contribution < -0.4 is 5.32 Å². The van der Waals surface area contributed by atoms with E-state index in [4.69, 9.17) is 0 Å². The SMILES string of the molecule is O=C(c1cc(C(F)(F)F)cc(C(F)(F)F)c1)N1CCC2CCC(C1)N2. The van der Waals surface area contributed by atoms with Gasteiger partial charge in [0.05, 0.1) is 11.1 Å². The van der Waals surface area contributed by atoms with Crippen molar-refractivity contribution in [3.05, 3.63) is 34.9 Å². The van der Waals surface area contributed by atoms with E-state index in [2.05, 4.69) is 5.32 Å². The number of carbonyl (C=O) groups excluding carboxylic acids is 1. The Morgan fingerprint density at radius 1 is 0.920 bits per heavy atom. The quantitative estimate of drug-likeness (QED) is 0.769. The number of nitrogens with zero attached hydrogens (tertiary/aromatic N) is 1. The maximum atomic E-state index is 12.9. The molecular formula is C16H16F6N2O. The van der Waals surface area contributed by atoms with Crippen molar-refractivity contribution in [1.29, 1.82) is 0 Å². The molecule has 0 aromatic heterocycles. The van der Waals surface area contributed by atoms with Gasteiger partial charge in [0.25, 0.3) is 5.91 Å². The first-order valence-corrected chi connectivity index (χ1v) is 7.89. The Bertz CT molecular complexity index is 637. The minimum absolute atomic E-state index is 0.0305. The molecular weight excluding hydrogens is 350 g/mol. The zero-order chi connectivity index (χ0) is 18.4. The fraction of sp³-hybridized carbons (Fsp3) is 0.562. The summed E-state index contributed by atoms with van der Waals surface area (Å²) in [5.74, 6) is -0.800. The average Bonchev–Trinajstić information content (AvgIpc) is 2.83. The van der Waals surface area contributed by atoms with E-state index in [9.17, 15) is 31.1 Å². The Balaban J connectivity index is 1.93. The predicted octanol–water partition coefficient (Wildman–Crippen LogP) is 3.69. The summed E-state index contributed by atoms with van der Waals surface area (Å²) in [4.78, 5) is 13.9. The van der Waals surface area contributed by atoms with Crippen molar-refractivity contribution in [2.75, 3.05) is 13.1 Å². The molecule has 1 aromatic carbocycles. The summed E-state index contributed by atoms with van der Waals surface area (Å²) < 4.78 is 77.6. The molecule has 1 amide bonds. The molecule has 3 nitrogen and oxygen atoms in total. The van der Waals surface area contributed by atoms with E-state index in [0.29, 0.717) is 25.1 Å². The first kappa shape index (κ1) is 18.0. The summed E-state index contributed by atoms with van der Waals surface area (Å²) in [6, 6.07) is 1.30. The number of amides is 1. The monoisotopic (exact) mass is 366 g/mol. The fourth-order valence-corrected chi connectivity index (χ4v) is 3.39. The topological polar surface area (TPSA) is 32.3 Å². The second-order valence-electron chi connectivity index (χ2n) is 6.47. The van der Waals surface area contributed by atoms with Crippen LogP contribution in [0.15, 0.2) is 18.2 Å². The van der Waals surface area contributed by atoms with Crippen LogP contribution in [0.25, 0.3) is 0 Å². The lowest BCUT2D eigenvalue weighted by atomic mass is 10.0. The third-order valence-electron chi connectivity index (χ3n) is 4.65. The highest BCUT2D eigenvalue weighted by atomic mass is 19.4. The van der Waals surface area contributed by atoms with Gasteiger partial charge in [-0.25, -0.2) is 0 Å². The molecule has 2 atom stereocenters. The molecule has 1 N–H and O–H groups in total. The largest absolute Gasteiger partial charge is 0.416 e. The van der Waals surface area contributed by atoms with Crippen LogP contribution >= 0.6 is 0 Å². The highest BCUT2D eigenvalue weighted by Gasteiger charge is 2.38. The van der Waals surface area contributed by atoms with Crippen molar-refractivity contribution in [2.45, 2.75) is 43.7 Å². The van der Waals surface area contributed by atoms with Gasteiger partial charge < -0.3 is 10.2 Å². The molecule has 2 fully saturated rings. The smallest absolute Gasteiger partial charge is 0.337 e. The van der Waals surface area contributed by atoms with Crippen LogP contribution in [0.2, 0.25) is 0 Å². The lowest BCUT2D eigenvalue weighted by Gasteiger charge is -2.25. The molecule has 0 spiro atoms. The molecule has 2 aliphatic heterocycles. The van der Waals surface area contributed by atoms with E-state index >= 15 is 0 Å². The van der Waals surface area contributed by atoms with E-state index in [1.165, 1.54) is 4.90 Å². The molecule has 138 valence electrons. The van der Waals surface area contributed by atoms with Gasteiger partial charge in [0.2, 0.25) is 0 Å². The van der Waals surface area contributed by atoms with E-state index < -0.39 is 35.0 Å². The maximum Gasteiger partial charge on any atom is 0.416 e. The molecule has 2 unspecified atom stereocenters. The van der Waals surface area contributed by atoms with Crippen molar-refractivity contribution in [3.63, 3.8) is 0 Å². The number of carbonyl (C=O) groups is 1. The number of hydrogen-bond donors (Lipinski definition) is 1. The first-order valence-electron chi connectivity index (χ1n) is 7.89. The molecule has 2 bridgehead atoms. The van der Waals surface area contributed by atoms with E-state index in [0.717, 1.165) is 12.8 Å². The molecule has 2 aliphatic rings. The van der Waals surface area contributed by atoms with Crippen molar-refractivity contribution in [1.82, 2.24) is 10.2 Å². The van der Waals surface area contributed by atoms with Gasteiger partial charge in [0.1, 0.15) is 0 Å². The van der Waals surface area contributed by atoms with Gasteiger partial charge in [-0.15, -0.1) is 0 Å². The van der Waals surface area contributed by atoms with Gasteiger partial charge in [-0.2, -0.15) is 26.3 Å². The molecule has 25 heavy (non-hydrogen) atoms. The fourth-order valence-electron chi connectivity index (χ4n) is 3.39. The number of benzene rings is 1. The molecule has 9 heteroatoms. The van der Waals surface area contributed by atoms with Crippen molar-refractivity contribution in [3.8, 4) is 0 Å². The molecule has 0 saturated carbocycles. The Morgan fingerprint density at radius 2 is 1.48 bits per heavy atom. The van der Waals surface area contributed by atoms with Crippen molar-refractivity contribution < 1.29 is 31.1 Å². The minimum Gasteiger partial charge on any atom is -0.337 e. The lowest BCUT2D eigenvalue weighted by molar-refractivity contribution is -0.143. The second-order valence-corrected chi connectivity index (χ2v) is 6.47. The zero-order valence-electron chi connectivity index (χ0n) is 13.0. The molecule has 1 aromatic rings. The molecule has 0 aliphatic carbocycles. The van der Waals surface area contributed by atoms with Crippen LogP contribution in [0.4, 0.5) is 26.3 Å². The predicted molar refractivity (Wildman–Crippen MR) is 76.9 cm³/mol. The molecule has 3 rings (SSSR count). The summed E-state index contributed by atoms with van der Waals surface area (Å²) in [5.41, 5.74) is -3.53. The van der Waals surface area contributed by atoms with Crippen LogP contribution in [0.5, 0.6) is 0 Å². The Labute approximate surface area is 140 Å². The average molecular weight is 366 g/mol. The highest BCUT2D eigenvalue weighted by molar-refractivity contribution is 5.94. The van der Waals surface area contributed by atoms with Crippen LogP contribution in [0.3, 0.4) is 0 Å². The summed E-state index contributed by atoms with van der Waals surface area (Å²) in [5, 5.41) is 3.31. The normalized spacial score (nSPS) is 24.3. The van der Waals surface area contributed by atoms with E-state index in [1.807, 2.05) is 0 Å². The Hall–Kier alpha value is -1.77. The lowest BCUT2D eigenvalue weighted by Crippen LogP contribution is -2.39. The van der Waals surface area contributed by atoms with Crippen LogP contribution in [-0.2, 0) is 12.4 Å². The van der Waals surface area contributed by atoms with Crippen LogP contribution in [-0.4, -0.2) is 36.0 Å². The zero-order valence-corrected chi connectivity index (χ0v) is 13.0. The number of likely N-dealkylation sites (tertiary alicyclic amines) is 1. The van der Waals surface area contributed by atoms with Gasteiger partial charge in [0.15, 0.2) is 0 Å². The van der Waals surface area contributed by atoms with Gasteiger partial charge in [-0.05, 0) is 37.5 Å². The summed E-state index contributed by atoms with van der Waals surface area (Å²) in [7, 11) is 0. The van der Waals surface area contributed by atoms with Crippen LogP contribution in [0, 0.1) is 0 Å². The van der Waals surface area contributed by atoms with Crippen LogP contribution in [0.1, 0.15) is 40.7 Å². The number of rotatable bonds is 1. The second kappa shape index (κ2) is 6.19. The molecule has 2 heterocycles. The van der Waals surface area contributed by atoms with Gasteiger partial charge in [-0.1, -0.05) is 0 Å². The molecule has 0 radical (unpaired) electrons. The number of halogens is 6. The first-order chi connectivity index (χ1) is 11.5. The van der Waals surface area contributed by atoms with Gasteiger partial charge in [-0.3, -0.25) is 4.79 Å². The summed E-state index contributed by atoms with van der Waals surface area (Å²) in [6.45, 7) is 0.595. The Kier molecular flexibility index (Phi) is 4.47. The minimum atomic E-state index is -4.96. The highest BCUT2D eigenvalue weighted by Crippen LogP contribution is 2.36. The number of fused-ring (bicyclic) bond motifs is 2. The van der Waals surface area contributed by atoms with Crippen molar-refractivity contribution >= 4 is 5.91 Å². The number of alkyl halides is 6. The maximum absolute atomic E-state index is 12.9. The number of nitrogens with one attached hydrogen (secondary N) is 1. The van der Waals surface area contributed by atoms with Crippen molar-refractivity contribution in [2.24, 2.45) is 0 Å². The third kappa shape index (κ3) is 3.91. The van der Waals surface area contributed by atoms with E-state index in [1.54, 1.807) is 0 Å². The van der Waals surface area contributed by atoms with Gasteiger partial charge in [0, 0.05) is 30.7 Å².